The summed E-state index contributed by atoms with van der Waals surface area (Å²) in [6.45, 7) is 6.74. The molecule has 0 saturated carbocycles. The number of hydrogen-bond donors (Lipinski definition) is 1. The Morgan fingerprint density at radius 3 is 2.07 bits per heavy atom. The zero-order valence-electron chi connectivity index (χ0n) is 9.33. The van der Waals surface area contributed by atoms with Gasteiger partial charge in [-0.3, -0.25) is 0 Å². The largest absolute Gasteiger partial charge is 0.396 e. The van der Waals surface area contributed by atoms with Crippen LogP contribution in [-0.4, -0.2) is 11.7 Å². The standard InChI is InChI=1S/C13H20O/c1-10(2)13-6-4-12(5-7-13)8-11(3)9-14/h4-7,10-11,14H,8-9H2,1-3H3. The van der Waals surface area contributed by atoms with Crippen LogP contribution in [0.15, 0.2) is 24.3 Å². The highest BCUT2D eigenvalue weighted by Crippen LogP contribution is 2.16. The van der Waals surface area contributed by atoms with Crippen molar-refractivity contribution in [2.45, 2.75) is 33.1 Å². The third kappa shape index (κ3) is 3.15. The highest BCUT2D eigenvalue weighted by atomic mass is 16.3. The Morgan fingerprint density at radius 1 is 1.07 bits per heavy atom. The van der Waals surface area contributed by atoms with E-state index >= 15 is 0 Å². The minimum absolute atomic E-state index is 0.270. The van der Waals surface area contributed by atoms with E-state index in [4.69, 9.17) is 5.11 Å². The van der Waals surface area contributed by atoms with Gasteiger partial charge in [0.2, 0.25) is 0 Å². The van der Waals surface area contributed by atoms with Crippen LogP contribution in [0.4, 0.5) is 0 Å². The molecule has 0 aromatic heterocycles. The van der Waals surface area contributed by atoms with Crippen LogP contribution >= 0.6 is 0 Å². The molecule has 0 spiro atoms. The molecule has 0 fully saturated rings. The van der Waals surface area contributed by atoms with E-state index in [2.05, 4.69) is 45.0 Å². The Kier molecular flexibility index (Phi) is 4.15. The molecule has 1 unspecified atom stereocenters. The van der Waals surface area contributed by atoms with Crippen molar-refractivity contribution in [1.29, 1.82) is 0 Å². The molecule has 1 heteroatoms. The first-order chi connectivity index (χ1) is 6.63. The van der Waals surface area contributed by atoms with E-state index in [0.717, 1.165) is 6.42 Å². The van der Waals surface area contributed by atoms with Crippen LogP contribution < -0.4 is 0 Å². The molecule has 0 bridgehead atoms. The van der Waals surface area contributed by atoms with Gasteiger partial charge in [-0.25, -0.2) is 0 Å². The molecule has 0 aliphatic carbocycles. The van der Waals surface area contributed by atoms with Crippen LogP contribution in [0, 0.1) is 5.92 Å². The van der Waals surface area contributed by atoms with Crippen LogP contribution in [0.25, 0.3) is 0 Å². The smallest absolute Gasteiger partial charge is 0.0459 e. The van der Waals surface area contributed by atoms with Gasteiger partial charge in [-0.1, -0.05) is 45.0 Å². The fraction of sp³-hybridized carbons (Fsp3) is 0.538. The van der Waals surface area contributed by atoms with E-state index in [1.54, 1.807) is 0 Å². The predicted molar refractivity (Wildman–Crippen MR) is 60.5 cm³/mol. The molecule has 1 rings (SSSR count). The van der Waals surface area contributed by atoms with Crippen molar-refractivity contribution < 1.29 is 5.11 Å². The lowest BCUT2D eigenvalue weighted by atomic mass is 9.97. The molecular weight excluding hydrogens is 172 g/mol. The maximum Gasteiger partial charge on any atom is 0.0459 e. The predicted octanol–water partition coefficient (Wildman–Crippen LogP) is 2.98. The summed E-state index contributed by atoms with van der Waals surface area (Å²) in [5.41, 5.74) is 2.70. The molecule has 0 amide bonds. The van der Waals surface area contributed by atoms with E-state index in [1.807, 2.05) is 0 Å². The van der Waals surface area contributed by atoms with Crippen molar-refractivity contribution >= 4 is 0 Å². The first-order valence-corrected chi connectivity index (χ1v) is 5.33. The molecule has 0 aliphatic rings. The number of rotatable bonds is 4. The van der Waals surface area contributed by atoms with E-state index in [0.29, 0.717) is 11.8 Å². The molecule has 1 N–H and O–H groups in total. The molecule has 0 radical (unpaired) electrons. The van der Waals surface area contributed by atoms with E-state index in [9.17, 15) is 0 Å². The lowest BCUT2D eigenvalue weighted by molar-refractivity contribution is 0.237. The van der Waals surface area contributed by atoms with Gasteiger partial charge in [0, 0.05) is 6.61 Å². The second kappa shape index (κ2) is 5.16. The van der Waals surface area contributed by atoms with Gasteiger partial charge in [0.05, 0.1) is 0 Å². The Morgan fingerprint density at radius 2 is 1.64 bits per heavy atom. The van der Waals surface area contributed by atoms with E-state index in [-0.39, 0.29) is 6.61 Å². The summed E-state index contributed by atoms with van der Waals surface area (Å²) in [6.07, 6.45) is 0.967. The van der Waals surface area contributed by atoms with Gasteiger partial charge in [-0.2, -0.15) is 0 Å². The summed E-state index contributed by atoms with van der Waals surface area (Å²) >= 11 is 0. The van der Waals surface area contributed by atoms with Gasteiger partial charge < -0.3 is 5.11 Å². The maximum absolute atomic E-state index is 8.94. The Hall–Kier alpha value is -0.820. The van der Waals surface area contributed by atoms with Crippen LogP contribution in [-0.2, 0) is 6.42 Å². The number of aliphatic hydroxyl groups excluding tert-OH is 1. The molecule has 0 saturated heterocycles. The first kappa shape index (κ1) is 11.3. The van der Waals surface area contributed by atoms with Crippen molar-refractivity contribution in [2.24, 2.45) is 5.92 Å². The second-order valence-corrected chi connectivity index (χ2v) is 4.39. The number of aliphatic hydroxyl groups is 1. The third-order valence-corrected chi connectivity index (χ3v) is 2.54. The Bertz CT molecular complexity index is 261. The average molecular weight is 192 g/mol. The summed E-state index contributed by atoms with van der Waals surface area (Å²) in [5.74, 6) is 0.958. The SMILES string of the molecule is CC(CO)Cc1ccc(C(C)C)cc1. The maximum atomic E-state index is 8.94. The fourth-order valence-electron chi connectivity index (χ4n) is 1.51. The van der Waals surface area contributed by atoms with E-state index < -0.39 is 0 Å². The molecule has 1 nitrogen and oxygen atoms in total. The van der Waals surface area contributed by atoms with Crippen molar-refractivity contribution in [3.05, 3.63) is 35.4 Å². The topological polar surface area (TPSA) is 20.2 Å². The molecule has 0 heterocycles. The highest BCUT2D eigenvalue weighted by molar-refractivity contribution is 5.24. The number of hydrogen-bond acceptors (Lipinski definition) is 1. The van der Waals surface area contributed by atoms with Gasteiger partial charge in [0.1, 0.15) is 0 Å². The fourth-order valence-corrected chi connectivity index (χ4v) is 1.51. The zero-order chi connectivity index (χ0) is 10.6. The third-order valence-electron chi connectivity index (χ3n) is 2.54. The van der Waals surface area contributed by atoms with Crippen molar-refractivity contribution in [1.82, 2.24) is 0 Å². The minimum Gasteiger partial charge on any atom is -0.396 e. The molecule has 1 atom stereocenters. The second-order valence-electron chi connectivity index (χ2n) is 4.39. The van der Waals surface area contributed by atoms with Crippen molar-refractivity contribution in [2.75, 3.05) is 6.61 Å². The van der Waals surface area contributed by atoms with Crippen LogP contribution in [0.1, 0.15) is 37.8 Å². The Balaban J connectivity index is 2.64. The summed E-state index contributed by atoms with van der Waals surface area (Å²) in [5, 5.41) is 8.94. The average Bonchev–Trinajstić information content (AvgIpc) is 2.18. The minimum atomic E-state index is 0.270. The molecule has 0 aliphatic heterocycles. The molecular formula is C13H20O. The number of benzene rings is 1. The first-order valence-electron chi connectivity index (χ1n) is 5.33. The van der Waals surface area contributed by atoms with Gasteiger partial charge in [-0.15, -0.1) is 0 Å². The highest BCUT2D eigenvalue weighted by Gasteiger charge is 2.03. The van der Waals surface area contributed by atoms with Crippen molar-refractivity contribution in [3.8, 4) is 0 Å². The van der Waals surface area contributed by atoms with Gasteiger partial charge in [0.15, 0.2) is 0 Å². The summed E-state index contributed by atoms with van der Waals surface area (Å²) < 4.78 is 0. The normalized spacial score (nSPS) is 13.2. The van der Waals surface area contributed by atoms with E-state index in [1.165, 1.54) is 11.1 Å². The lowest BCUT2D eigenvalue weighted by Crippen LogP contribution is -2.04. The van der Waals surface area contributed by atoms with Crippen LogP contribution in [0.2, 0.25) is 0 Å². The summed E-state index contributed by atoms with van der Waals surface area (Å²) in [6, 6.07) is 8.71. The quantitative estimate of drug-likeness (QED) is 0.777. The molecule has 78 valence electrons. The monoisotopic (exact) mass is 192 g/mol. The van der Waals surface area contributed by atoms with Gasteiger partial charge in [-0.05, 0) is 29.4 Å². The zero-order valence-corrected chi connectivity index (χ0v) is 9.33. The lowest BCUT2D eigenvalue weighted by Gasteiger charge is -2.09. The summed E-state index contributed by atoms with van der Waals surface area (Å²) in [7, 11) is 0. The Labute approximate surface area is 86.8 Å². The molecule has 1 aromatic carbocycles. The molecule has 1 aromatic rings. The van der Waals surface area contributed by atoms with Gasteiger partial charge >= 0.3 is 0 Å². The van der Waals surface area contributed by atoms with Crippen molar-refractivity contribution in [3.63, 3.8) is 0 Å². The summed E-state index contributed by atoms with van der Waals surface area (Å²) in [4.78, 5) is 0. The van der Waals surface area contributed by atoms with Crippen LogP contribution in [0.5, 0.6) is 0 Å². The van der Waals surface area contributed by atoms with Crippen LogP contribution in [0.3, 0.4) is 0 Å². The van der Waals surface area contributed by atoms with Gasteiger partial charge in [0.25, 0.3) is 0 Å². The molecule has 14 heavy (non-hydrogen) atoms.